The first-order valence-electron chi connectivity index (χ1n) is 9.33. The molecule has 0 unspecified atom stereocenters. The molecule has 5 aromatic rings. The first kappa shape index (κ1) is 17.5. The van der Waals surface area contributed by atoms with E-state index in [0.29, 0.717) is 11.6 Å². The van der Waals surface area contributed by atoms with Gasteiger partial charge in [0.25, 0.3) is 0 Å². The van der Waals surface area contributed by atoms with E-state index >= 15 is 0 Å². The van der Waals surface area contributed by atoms with Crippen LogP contribution in [0.5, 0.6) is 0 Å². The summed E-state index contributed by atoms with van der Waals surface area (Å²) < 4.78 is 0. The number of nitrogens with zero attached hydrogens (tertiary/aromatic N) is 3. The van der Waals surface area contributed by atoms with Gasteiger partial charge in [0.2, 0.25) is 5.28 Å². The number of rotatable bonds is 3. The molecule has 0 saturated carbocycles. The fraction of sp³-hybridized carbons (Fsp3) is 0. The number of halogens is 1. The van der Waals surface area contributed by atoms with Crippen molar-refractivity contribution >= 4 is 22.4 Å². The Balaban J connectivity index is 1.67. The quantitative estimate of drug-likeness (QED) is 0.343. The van der Waals surface area contributed by atoms with Crippen molar-refractivity contribution in [2.24, 2.45) is 0 Å². The van der Waals surface area contributed by atoms with Crippen molar-refractivity contribution in [1.82, 2.24) is 15.0 Å². The molecule has 0 spiro atoms. The minimum absolute atomic E-state index is 0.183. The van der Waals surface area contributed by atoms with E-state index in [1.807, 2.05) is 54.6 Å². The molecule has 4 heteroatoms. The van der Waals surface area contributed by atoms with Gasteiger partial charge >= 0.3 is 0 Å². The second-order valence-corrected chi connectivity index (χ2v) is 7.06. The molecular formula is C25H16ClN3. The molecule has 1 heterocycles. The maximum Gasteiger partial charge on any atom is 0.226 e. The summed E-state index contributed by atoms with van der Waals surface area (Å²) in [6.45, 7) is 0. The van der Waals surface area contributed by atoms with Crippen molar-refractivity contribution in [3.63, 3.8) is 0 Å². The molecule has 0 amide bonds. The highest BCUT2D eigenvalue weighted by atomic mass is 35.5. The Morgan fingerprint density at radius 1 is 0.483 bits per heavy atom. The van der Waals surface area contributed by atoms with Crippen molar-refractivity contribution in [3.8, 4) is 33.9 Å². The van der Waals surface area contributed by atoms with Gasteiger partial charge in [-0.1, -0.05) is 91.0 Å². The first-order chi connectivity index (χ1) is 14.3. The smallest absolute Gasteiger partial charge is 0.208 e. The summed E-state index contributed by atoms with van der Waals surface area (Å²) in [6.07, 6.45) is 0. The Bertz CT molecular complexity index is 1320. The zero-order valence-electron chi connectivity index (χ0n) is 15.5. The van der Waals surface area contributed by atoms with Gasteiger partial charge in [-0.2, -0.15) is 9.97 Å². The van der Waals surface area contributed by atoms with Crippen molar-refractivity contribution < 1.29 is 0 Å². The van der Waals surface area contributed by atoms with Gasteiger partial charge in [0.1, 0.15) is 0 Å². The van der Waals surface area contributed by atoms with Gasteiger partial charge < -0.3 is 0 Å². The van der Waals surface area contributed by atoms with E-state index < -0.39 is 0 Å². The van der Waals surface area contributed by atoms with E-state index in [1.165, 1.54) is 10.8 Å². The van der Waals surface area contributed by atoms with Gasteiger partial charge in [-0.25, -0.2) is 4.98 Å². The van der Waals surface area contributed by atoms with Gasteiger partial charge in [0.05, 0.1) is 0 Å². The lowest BCUT2D eigenvalue weighted by Gasteiger charge is -2.11. The fourth-order valence-electron chi connectivity index (χ4n) is 3.47. The molecule has 0 fully saturated rings. The molecule has 1 aromatic heterocycles. The lowest BCUT2D eigenvalue weighted by atomic mass is 9.97. The minimum atomic E-state index is 0.183. The maximum atomic E-state index is 6.26. The molecule has 0 bridgehead atoms. The highest BCUT2D eigenvalue weighted by molar-refractivity contribution is 6.28. The topological polar surface area (TPSA) is 38.7 Å². The van der Waals surface area contributed by atoms with Crippen molar-refractivity contribution in [2.75, 3.05) is 0 Å². The van der Waals surface area contributed by atoms with Crippen LogP contribution in [0.1, 0.15) is 0 Å². The number of hydrogen-bond acceptors (Lipinski definition) is 3. The average Bonchev–Trinajstić information content (AvgIpc) is 2.79. The second kappa shape index (κ2) is 7.46. The van der Waals surface area contributed by atoms with E-state index in [9.17, 15) is 0 Å². The standard InChI is InChI=1S/C25H16ClN3/c26-25-28-23(18-9-2-1-3-10-18)27-24(29-25)22-13-7-6-12-21(22)20-15-14-17-8-4-5-11-19(17)16-20/h1-16H. The summed E-state index contributed by atoms with van der Waals surface area (Å²) >= 11 is 6.26. The van der Waals surface area contributed by atoms with Crippen molar-refractivity contribution in [1.29, 1.82) is 0 Å². The van der Waals surface area contributed by atoms with Crippen LogP contribution in [0.2, 0.25) is 5.28 Å². The molecule has 0 aliphatic rings. The largest absolute Gasteiger partial charge is 0.226 e. The molecular weight excluding hydrogens is 378 g/mol. The maximum absolute atomic E-state index is 6.26. The number of aromatic nitrogens is 3. The van der Waals surface area contributed by atoms with Crippen LogP contribution in [-0.4, -0.2) is 15.0 Å². The minimum Gasteiger partial charge on any atom is -0.208 e. The van der Waals surface area contributed by atoms with Gasteiger partial charge in [-0.3, -0.25) is 0 Å². The van der Waals surface area contributed by atoms with Gasteiger partial charge in [0.15, 0.2) is 11.6 Å². The summed E-state index contributed by atoms with van der Waals surface area (Å²) in [5.74, 6) is 1.13. The number of benzene rings is 4. The van der Waals surface area contributed by atoms with Gasteiger partial charge in [-0.05, 0) is 39.6 Å². The second-order valence-electron chi connectivity index (χ2n) is 6.73. The van der Waals surface area contributed by atoms with E-state index in [0.717, 1.165) is 22.3 Å². The average molecular weight is 394 g/mol. The summed E-state index contributed by atoms with van der Waals surface area (Å²) in [5, 5.41) is 2.59. The van der Waals surface area contributed by atoms with E-state index in [-0.39, 0.29) is 5.28 Å². The zero-order valence-corrected chi connectivity index (χ0v) is 16.2. The third-order valence-corrected chi connectivity index (χ3v) is 5.04. The Morgan fingerprint density at radius 2 is 1.14 bits per heavy atom. The highest BCUT2D eigenvalue weighted by Gasteiger charge is 2.13. The van der Waals surface area contributed by atoms with E-state index in [2.05, 4.69) is 52.4 Å². The summed E-state index contributed by atoms with van der Waals surface area (Å²) in [4.78, 5) is 13.5. The van der Waals surface area contributed by atoms with Crippen LogP contribution in [0.15, 0.2) is 97.1 Å². The predicted molar refractivity (Wildman–Crippen MR) is 119 cm³/mol. The molecule has 0 saturated heterocycles. The molecule has 0 radical (unpaired) electrons. The Kier molecular flexibility index (Phi) is 4.51. The summed E-state index contributed by atoms with van der Waals surface area (Å²) in [6, 6.07) is 32.7. The third-order valence-electron chi connectivity index (χ3n) is 4.87. The lowest BCUT2D eigenvalue weighted by molar-refractivity contribution is 1.07. The number of hydrogen-bond donors (Lipinski definition) is 0. The summed E-state index contributed by atoms with van der Waals surface area (Å²) in [7, 11) is 0. The van der Waals surface area contributed by atoms with Crippen LogP contribution in [0.4, 0.5) is 0 Å². The molecule has 0 N–H and O–H groups in total. The van der Waals surface area contributed by atoms with Gasteiger partial charge in [-0.15, -0.1) is 0 Å². The molecule has 29 heavy (non-hydrogen) atoms. The van der Waals surface area contributed by atoms with Crippen LogP contribution in [0, 0.1) is 0 Å². The van der Waals surface area contributed by atoms with E-state index in [4.69, 9.17) is 16.6 Å². The van der Waals surface area contributed by atoms with E-state index in [1.54, 1.807) is 0 Å². The molecule has 3 nitrogen and oxygen atoms in total. The van der Waals surface area contributed by atoms with Crippen LogP contribution < -0.4 is 0 Å². The van der Waals surface area contributed by atoms with Crippen molar-refractivity contribution in [3.05, 3.63) is 102 Å². The Hall–Kier alpha value is -3.56. The summed E-state index contributed by atoms with van der Waals surface area (Å²) in [5.41, 5.74) is 3.99. The highest BCUT2D eigenvalue weighted by Crippen LogP contribution is 2.33. The van der Waals surface area contributed by atoms with Gasteiger partial charge in [0, 0.05) is 11.1 Å². The molecule has 138 valence electrons. The Labute approximate surface area is 173 Å². The molecule has 5 rings (SSSR count). The fourth-order valence-corrected chi connectivity index (χ4v) is 3.63. The Morgan fingerprint density at radius 3 is 1.97 bits per heavy atom. The zero-order chi connectivity index (χ0) is 19.6. The molecule has 0 aliphatic carbocycles. The molecule has 0 atom stereocenters. The normalized spacial score (nSPS) is 10.9. The van der Waals surface area contributed by atoms with Crippen LogP contribution in [0.3, 0.4) is 0 Å². The van der Waals surface area contributed by atoms with Crippen LogP contribution in [-0.2, 0) is 0 Å². The van der Waals surface area contributed by atoms with Crippen LogP contribution in [0.25, 0.3) is 44.7 Å². The first-order valence-corrected chi connectivity index (χ1v) is 9.71. The lowest BCUT2D eigenvalue weighted by Crippen LogP contribution is -1.98. The molecule has 0 aliphatic heterocycles. The monoisotopic (exact) mass is 393 g/mol. The predicted octanol–water partition coefficient (Wildman–Crippen LogP) is 6.68. The SMILES string of the molecule is Clc1nc(-c2ccccc2)nc(-c2ccccc2-c2ccc3ccccc3c2)n1. The van der Waals surface area contributed by atoms with Crippen LogP contribution >= 0.6 is 11.6 Å². The third kappa shape index (κ3) is 3.48. The van der Waals surface area contributed by atoms with Crippen molar-refractivity contribution in [2.45, 2.75) is 0 Å². The number of fused-ring (bicyclic) bond motifs is 1. The molecule has 4 aromatic carbocycles.